The molecule has 0 aliphatic heterocycles. The molecule has 0 amide bonds. The van der Waals surface area contributed by atoms with E-state index in [4.69, 9.17) is 0 Å². The van der Waals surface area contributed by atoms with Crippen LogP contribution in [0.4, 0.5) is 0 Å². The van der Waals surface area contributed by atoms with E-state index >= 15 is 0 Å². The van der Waals surface area contributed by atoms with Crippen molar-refractivity contribution in [3.63, 3.8) is 0 Å². The maximum Gasteiger partial charge on any atom is 0.0537 e. The molecule has 1 heterocycles. The van der Waals surface area contributed by atoms with E-state index in [1.807, 2.05) is 0 Å². The zero-order valence-electron chi connectivity index (χ0n) is 16.8. The van der Waals surface area contributed by atoms with E-state index in [-0.39, 0.29) is 0 Å². The molecule has 1 nitrogen and oxygen atoms in total. The van der Waals surface area contributed by atoms with E-state index < -0.39 is 0 Å². The van der Waals surface area contributed by atoms with Gasteiger partial charge in [0.05, 0.1) is 5.52 Å². The average molecular weight is 373 g/mol. The molecule has 0 atom stereocenters. The highest BCUT2D eigenvalue weighted by atomic mass is 15.0. The third kappa shape index (κ3) is 2.96. The van der Waals surface area contributed by atoms with E-state index in [0.29, 0.717) is 0 Å². The Labute approximate surface area is 171 Å². The highest BCUT2D eigenvalue weighted by Gasteiger charge is 2.18. The van der Waals surface area contributed by atoms with Gasteiger partial charge in [0.25, 0.3) is 0 Å². The molecule has 140 valence electrons. The summed E-state index contributed by atoms with van der Waals surface area (Å²) in [6.07, 6.45) is 2.19. The van der Waals surface area contributed by atoms with Crippen LogP contribution in [0.1, 0.15) is 11.1 Å². The molecule has 0 aliphatic rings. The predicted octanol–water partition coefficient (Wildman–Crippen LogP) is 7.58. The Bertz CT molecular complexity index is 1290. The van der Waals surface area contributed by atoms with Gasteiger partial charge in [-0.05, 0) is 71.5 Å². The molecule has 29 heavy (non-hydrogen) atoms. The summed E-state index contributed by atoms with van der Waals surface area (Å²) in [5.74, 6) is 0. The summed E-state index contributed by atoms with van der Waals surface area (Å²) in [4.78, 5) is 0. The van der Waals surface area contributed by atoms with Crippen molar-refractivity contribution in [3.8, 4) is 27.9 Å². The molecule has 5 aromatic rings. The van der Waals surface area contributed by atoms with Crippen molar-refractivity contribution in [2.24, 2.45) is 0 Å². The smallest absolute Gasteiger partial charge is 0.0537 e. The minimum atomic E-state index is 1.18. The first-order valence-electron chi connectivity index (χ1n) is 10.1. The van der Waals surface area contributed by atoms with Crippen LogP contribution in [0.15, 0.2) is 103 Å². The van der Waals surface area contributed by atoms with Gasteiger partial charge in [0.2, 0.25) is 0 Å². The molecule has 5 rings (SSSR count). The molecule has 0 spiro atoms. The molecule has 0 N–H and O–H groups in total. The Kier molecular flexibility index (Phi) is 4.29. The van der Waals surface area contributed by atoms with Crippen LogP contribution in [0.2, 0.25) is 0 Å². The largest absolute Gasteiger partial charge is 0.317 e. The summed E-state index contributed by atoms with van der Waals surface area (Å²) in [6, 6.07) is 34.6. The van der Waals surface area contributed by atoms with Crippen LogP contribution in [0.5, 0.6) is 0 Å². The van der Waals surface area contributed by atoms with Gasteiger partial charge in [0.15, 0.2) is 0 Å². The van der Waals surface area contributed by atoms with Gasteiger partial charge in [-0.1, -0.05) is 72.8 Å². The molecule has 1 heteroatoms. The van der Waals surface area contributed by atoms with Crippen molar-refractivity contribution >= 4 is 10.9 Å². The Morgan fingerprint density at radius 3 is 1.97 bits per heavy atom. The predicted molar refractivity (Wildman–Crippen MR) is 124 cm³/mol. The van der Waals surface area contributed by atoms with Crippen molar-refractivity contribution in [3.05, 3.63) is 114 Å². The van der Waals surface area contributed by atoms with Gasteiger partial charge in [-0.3, -0.25) is 0 Å². The molecule has 1 aromatic heterocycles. The van der Waals surface area contributed by atoms with Gasteiger partial charge in [0, 0.05) is 17.3 Å². The minimum Gasteiger partial charge on any atom is -0.317 e. The molecular weight excluding hydrogens is 350 g/mol. The molecule has 4 aromatic carbocycles. The number of fused-ring (bicyclic) bond motifs is 1. The lowest BCUT2D eigenvalue weighted by Crippen LogP contribution is -1.96. The number of hydrogen-bond acceptors (Lipinski definition) is 0. The molecule has 0 unspecified atom stereocenters. The van der Waals surface area contributed by atoms with Crippen LogP contribution >= 0.6 is 0 Å². The van der Waals surface area contributed by atoms with Crippen molar-refractivity contribution in [2.45, 2.75) is 13.8 Å². The normalized spacial score (nSPS) is 11.1. The van der Waals surface area contributed by atoms with Crippen molar-refractivity contribution < 1.29 is 0 Å². The summed E-state index contributed by atoms with van der Waals surface area (Å²) in [5, 5.41) is 1.28. The summed E-state index contributed by atoms with van der Waals surface area (Å²) >= 11 is 0. The van der Waals surface area contributed by atoms with Crippen molar-refractivity contribution in [1.82, 2.24) is 4.57 Å². The summed E-state index contributed by atoms with van der Waals surface area (Å²) in [7, 11) is 0. The molecule has 0 bridgehead atoms. The Morgan fingerprint density at radius 1 is 0.586 bits per heavy atom. The maximum absolute atomic E-state index is 2.33. The van der Waals surface area contributed by atoms with Gasteiger partial charge in [-0.15, -0.1) is 0 Å². The number of aromatic nitrogens is 1. The quantitative estimate of drug-likeness (QED) is 0.307. The molecule has 0 saturated heterocycles. The zero-order valence-corrected chi connectivity index (χ0v) is 16.8. The lowest BCUT2D eigenvalue weighted by atomic mass is 9.87. The lowest BCUT2D eigenvalue weighted by molar-refractivity contribution is 1.13. The van der Waals surface area contributed by atoms with Gasteiger partial charge in [-0.2, -0.15) is 0 Å². The number of rotatable bonds is 3. The minimum absolute atomic E-state index is 1.18. The third-order valence-corrected chi connectivity index (χ3v) is 5.70. The van der Waals surface area contributed by atoms with Gasteiger partial charge < -0.3 is 4.57 Å². The van der Waals surface area contributed by atoms with E-state index in [9.17, 15) is 0 Å². The lowest BCUT2D eigenvalue weighted by Gasteiger charge is -2.18. The summed E-state index contributed by atoms with van der Waals surface area (Å²) < 4.78 is 2.29. The monoisotopic (exact) mass is 373 g/mol. The summed E-state index contributed by atoms with van der Waals surface area (Å²) in [6.45, 7) is 4.43. The first-order valence-corrected chi connectivity index (χ1v) is 10.1. The average Bonchev–Trinajstić information content (AvgIpc) is 3.18. The van der Waals surface area contributed by atoms with Crippen LogP contribution in [0, 0.1) is 13.8 Å². The third-order valence-electron chi connectivity index (χ3n) is 5.70. The number of hydrogen-bond donors (Lipinski definition) is 0. The van der Waals surface area contributed by atoms with Crippen molar-refractivity contribution in [1.29, 1.82) is 0 Å². The Hall–Kier alpha value is -3.58. The Morgan fingerprint density at radius 2 is 1.24 bits per heavy atom. The van der Waals surface area contributed by atoms with E-state index in [2.05, 4.69) is 122 Å². The first-order chi connectivity index (χ1) is 14.2. The molecular formula is C28H23N. The second-order valence-electron chi connectivity index (χ2n) is 7.58. The number of para-hydroxylation sites is 1. The van der Waals surface area contributed by atoms with Gasteiger partial charge >= 0.3 is 0 Å². The van der Waals surface area contributed by atoms with E-state index in [0.717, 1.165) is 0 Å². The fourth-order valence-corrected chi connectivity index (χ4v) is 4.33. The van der Waals surface area contributed by atoms with E-state index in [1.54, 1.807) is 0 Å². The number of benzene rings is 4. The summed E-state index contributed by atoms with van der Waals surface area (Å²) in [5.41, 5.74) is 10.2. The first kappa shape index (κ1) is 17.5. The van der Waals surface area contributed by atoms with Gasteiger partial charge in [0.1, 0.15) is 0 Å². The van der Waals surface area contributed by atoms with Crippen LogP contribution in [0.25, 0.3) is 38.8 Å². The van der Waals surface area contributed by atoms with E-state index in [1.165, 1.54) is 50.0 Å². The van der Waals surface area contributed by atoms with Gasteiger partial charge in [-0.25, -0.2) is 0 Å². The molecule has 0 saturated carbocycles. The molecule has 0 fully saturated rings. The SMILES string of the molecule is Cc1ccccc1-c1c(C)cc2c(ccn2-c2ccccc2)c1-c1ccccc1. The van der Waals surface area contributed by atoms with Crippen LogP contribution in [-0.4, -0.2) is 4.57 Å². The standard InChI is InChI=1S/C28H23N/c1-20-11-9-10-16-24(20)27-21(2)19-26-25(28(27)22-12-5-3-6-13-22)17-18-29(26)23-14-7-4-8-15-23/h3-19H,1-2H3. The zero-order chi connectivity index (χ0) is 19.8. The number of aryl methyl sites for hydroxylation is 2. The van der Waals surface area contributed by atoms with Crippen molar-refractivity contribution in [2.75, 3.05) is 0 Å². The molecule has 0 aliphatic carbocycles. The Balaban J connectivity index is 1.89. The fraction of sp³-hybridized carbons (Fsp3) is 0.0714. The fourth-order valence-electron chi connectivity index (χ4n) is 4.33. The van der Waals surface area contributed by atoms with Crippen LogP contribution < -0.4 is 0 Å². The second kappa shape index (κ2) is 7.10. The van der Waals surface area contributed by atoms with Crippen LogP contribution in [0.3, 0.4) is 0 Å². The molecule has 0 radical (unpaired) electrons. The topological polar surface area (TPSA) is 4.93 Å². The highest BCUT2D eigenvalue weighted by Crippen LogP contribution is 2.42. The highest BCUT2D eigenvalue weighted by molar-refractivity contribution is 6.05. The second-order valence-corrected chi connectivity index (χ2v) is 7.58. The van der Waals surface area contributed by atoms with Crippen LogP contribution in [-0.2, 0) is 0 Å². The maximum atomic E-state index is 2.33. The number of nitrogens with zero attached hydrogens (tertiary/aromatic N) is 1.